The SMILES string of the molecule is CCCCCC/C=C/CC/C=C/CC/C=C/C(O)C(CO)NC(=O)CCCCCCCCCCCCCCCCCCCCCC. The first kappa shape index (κ1) is 44.6. The first-order valence-electron chi connectivity index (χ1n) is 20.2. The van der Waals surface area contributed by atoms with Crippen LogP contribution in [-0.2, 0) is 4.79 Å². The van der Waals surface area contributed by atoms with Crippen LogP contribution in [-0.4, -0.2) is 34.9 Å². The van der Waals surface area contributed by atoms with Crippen molar-refractivity contribution >= 4 is 5.91 Å². The highest BCUT2D eigenvalue weighted by Gasteiger charge is 2.17. The minimum Gasteiger partial charge on any atom is -0.394 e. The second-order valence-corrected chi connectivity index (χ2v) is 13.7. The zero-order chi connectivity index (χ0) is 33.6. The Balaban J connectivity index is 3.60. The molecule has 0 saturated carbocycles. The number of allylic oxidation sites excluding steroid dienone is 5. The molecule has 0 spiro atoms. The van der Waals surface area contributed by atoms with Gasteiger partial charge in [-0.05, 0) is 44.9 Å². The minimum absolute atomic E-state index is 0.0770. The van der Waals surface area contributed by atoms with Gasteiger partial charge in [-0.25, -0.2) is 0 Å². The molecule has 0 radical (unpaired) electrons. The van der Waals surface area contributed by atoms with E-state index in [0.717, 1.165) is 38.5 Å². The summed E-state index contributed by atoms with van der Waals surface area (Å²) < 4.78 is 0. The van der Waals surface area contributed by atoms with E-state index < -0.39 is 12.1 Å². The Morgan fingerprint density at radius 3 is 1.26 bits per heavy atom. The third kappa shape index (κ3) is 34.0. The van der Waals surface area contributed by atoms with Crippen LogP contribution < -0.4 is 5.32 Å². The molecule has 0 saturated heterocycles. The number of unbranched alkanes of at least 4 members (excludes halogenated alkanes) is 25. The predicted molar refractivity (Wildman–Crippen MR) is 202 cm³/mol. The number of carbonyl (C=O) groups is 1. The lowest BCUT2D eigenvalue weighted by molar-refractivity contribution is -0.123. The van der Waals surface area contributed by atoms with Gasteiger partial charge in [0, 0.05) is 6.42 Å². The van der Waals surface area contributed by atoms with E-state index in [1.807, 2.05) is 6.08 Å². The molecular formula is C42H79NO3. The van der Waals surface area contributed by atoms with E-state index in [1.54, 1.807) is 6.08 Å². The number of hydrogen-bond acceptors (Lipinski definition) is 3. The molecule has 0 fully saturated rings. The first-order chi connectivity index (χ1) is 22.7. The Bertz CT molecular complexity index is 701. The highest BCUT2D eigenvalue weighted by atomic mass is 16.3. The van der Waals surface area contributed by atoms with Crippen molar-refractivity contribution in [2.24, 2.45) is 0 Å². The summed E-state index contributed by atoms with van der Waals surface area (Å²) in [5, 5.41) is 22.9. The number of aliphatic hydroxyl groups is 2. The van der Waals surface area contributed by atoms with Crippen LogP contribution in [0, 0.1) is 0 Å². The maximum absolute atomic E-state index is 12.3. The van der Waals surface area contributed by atoms with E-state index in [1.165, 1.54) is 148 Å². The monoisotopic (exact) mass is 646 g/mol. The number of rotatable bonds is 36. The second-order valence-electron chi connectivity index (χ2n) is 13.7. The fourth-order valence-corrected chi connectivity index (χ4v) is 5.97. The molecule has 0 aromatic heterocycles. The van der Waals surface area contributed by atoms with Gasteiger partial charge >= 0.3 is 0 Å². The fraction of sp³-hybridized carbons (Fsp3) is 0.833. The van der Waals surface area contributed by atoms with E-state index in [9.17, 15) is 15.0 Å². The third-order valence-electron chi connectivity index (χ3n) is 9.10. The van der Waals surface area contributed by atoms with E-state index in [0.29, 0.717) is 6.42 Å². The molecular weight excluding hydrogens is 566 g/mol. The molecule has 2 unspecified atom stereocenters. The van der Waals surface area contributed by atoms with Crippen molar-refractivity contribution in [3.8, 4) is 0 Å². The average Bonchev–Trinajstić information content (AvgIpc) is 3.06. The summed E-state index contributed by atoms with van der Waals surface area (Å²) >= 11 is 0. The van der Waals surface area contributed by atoms with Gasteiger partial charge in [-0.1, -0.05) is 192 Å². The van der Waals surface area contributed by atoms with Gasteiger partial charge in [-0.15, -0.1) is 0 Å². The Morgan fingerprint density at radius 1 is 0.500 bits per heavy atom. The van der Waals surface area contributed by atoms with Crippen LogP contribution in [0.5, 0.6) is 0 Å². The van der Waals surface area contributed by atoms with Gasteiger partial charge in [0.25, 0.3) is 0 Å². The summed E-state index contributed by atoms with van der Waals surface area (Å²) in [5.74, 6) is -0.0770. The van der Waals surface area contributed by atoms with Crippen LogP contribution in [0.4, 0.5) is 0 Å². The number of carbonyl (C=O) groups excluding carboxylic acids is 1. The molecule has 46 heavy (non-hydrogen) atoms. The summed E-state index contributed by atoms with van der Waals surface area (Å²) in [6.07, 6.45) is 49.5. The van der Waals surface area contributed by atoms with Crippen LogP contribution in [0.2, 0.25) is 0 Å². The Hall–Kier alpha value is -1.39. The van der Waals surface area contributed by atoms with Crippen molar-refractivity contribution in [3.63, 3.8) is 0 Å². The average molecular weight is 646 g/mol. The lowest BCUT2D eigenvalue weighted by Crippen LogP contribution is -2.45. The summed E-state index contributed by atoms with van der Waals surface area (Å²) in [6, 6.07) is -0.641. The van der Waals surface area contributed by atoms with Crippen molar-refractivity contribution in [1.82, 2.24) is 5.32 Å². The fourth-order valence-electron chi connectivity index (χ4n) is 5.97. The van der Waals surface area contributed by atoms with Gasteiger partial charge < -0.3 is 15.5 Å². The molecule has 0 rings (SSSR count). The van der Waals surface area contributed by atoms with Gasteiger partial charge in [0.2, 0.25) is 5.91 Å². The molecule has 4 nitrogen and oxygen atoms in total. The molecule has 0 aromatic rings. The molecule has 270 valence electrons. The predicted octanol–water partition coefficient (Wildman–Crippen LogP) is 12.2. The van der Waals surface area contributed by atoms with E-state index in [2.05, 4.69) is 43.5 Å². The summed E-state index contributed by atoms with van der Waals surface area (Å²) in [5.41, 5.74) is 0. The largest absolute Gasteiger partial charge is 0.394 e. The van der Waals surface area contributed by atoms with E-state index >= 15 is 0 Å². The maximum Gasteiger partial charge on any atom is 0.220 e. The van der Waals surface area contributed by atoms with Crippen LogP contribution in [0.15, 0.2) is 36.5 Å². The van der Waals surface area contributed by atoms with Gasteiger partial charge in [0.1, 0.15) is 0 Å². The number of hydrogen-bond donors (Lipinski definition) is 3. The van der Waals surface area contributed by atoms with Gasteiger partial charge in [-0.2, -0.15) is 0 Å². The smallest absolute Gasteiger partial charge is 0.220 e. The molecule has 1 amide bonds. The molecule has 0 heterocycles. The molecule has 0 aliphatic carbocycles. The van der Waals surface area contributed by atoms with Crippen molar-refractivity contribution in [1.29, 1.82) is 0 Å². The van der Waals surface area contributed by atoms with Crippen molar-refractivity contribution in [2.45, 2.75) is 219 Å². The maximum atomic E-state index is 12.3. The van der Waals surface area contributed by atoms with Crippen LogP contribution in [0.25, 0.3) is 0 Å². The molecule has 0 aromatic carbocycles. The summed E-state index contributed by atoms with van der Waals surface area (Å²) in [6.45, 7) is 4.27. The van der Waals surface area contributed by atoms with Crippen molar-refractivity contribution < 1.29 is 15.0 Å². The Kier molecular flexibility index (Phi) is 36.9. The van der Waals surface area contributed by atoms with E-state index in [-0.39, 0.29) is 12.5 Å². The molecule has 0 aliphatic rings. The summed E-state index contributed by atoms with van der Waals surface area (Å²) in [7, 11) is 0. The van der Waals surface area contributed by atoms with Crippen molar-refractivity contribution in [2.75, 3.05) is 6.61 Å². The number of aliphatic hydroxyl groups excluding tert-OH is 2. The van der Waals surface area contributed by atoms with Gasteiger partial charge in [0.05, 0.1) is 18.8 Å². The topological polar surface area (TPSA) is 69.6 Å². The van der Waals surface area contributed by atoms with Gasteiger partial charge in [0.15, 0.2) is 0 Å². The molecule has 3 N–H and O–H groups in total. The molecule has 0 bridgehead atoms. The quantitative estimate of drug-likeness (QED) is 0.0469. The Morgan fingerprint density at radius 2 is 0.848 bits per heavy atom. The highest BCUT2D eigenvalue weighted by Crippen LogP contribution is 2.15. The third-order valence-corrected chi connectivity index (χ3v) is 9.10. The molecule has 0 aliphatic heterocycles. The van der Waals surface area contributed by atoms with Crippen LogP contribution in [0.3, 0.4) is 0 Å². The Labute approximate surface area is 287 Å². The lowest BCUT2D eigenvalue weighted by Gasteiger charge is -2.19. The zero-order valence-corrected chi connectivity index (χ0v) is 30.8. The first-order valence-corrected chi connectivity index (χ1v) is 20.2. The highest BCUT2D eigenvalue weighted by molar-refractivity contribution is 5.76. The lowest BCUT2D eigenvalue weighted by atomic mass is 10.0. The number of amides is 1. The summed E-state index contributed by atoms with van der Waals surface area (Å²) in [4.78, 5) is 12.3. The standard InChI is InChI=1S/C42H79NO3/c1-3-5-7-9-11-13-15-17-19-20-21-22-23-24-26-28-30-32-34-36-38-42(46)43-40(39-44)41(45)37-35-33-31-29-27-25-18-16-14-12-10-8-6-4-2/h14,16,27,29,35,37,40-41,44-45H,3-13,15,17-26,28,30-34,36,38-39H2,1-2H3,(H,43,46)/b16-14+,29-27+,37-35+. The molecule has 2 atom stereocenters. The van der Waals surface area contributed by atoms with E-state index in [4.69, 9.17) is 0 Å². The van der Waals surface area contributed by atoms with Crippen LogP contribution >= 0.6 is 0 Å². The minimum atomic E-state index is -0.865. The number of nitrogens with one attached hydrogen (secondary N) is 1. The molecule has 4 heteroatoms. The zero-order valence-electron chi connectivity index (χ0n) is 30.8. The second kappa shape index (κ2) is 38.1. The van der Waals surface area contributed by atoms with Crippen molar-refractivity contribution in [3.05, 3.63) is 36.5 Å². The van der Waals surface area contributed by atoms with Gasteiger partial charge in [-0.3, -0.25) is 4.79 Å². The normalized spacial score (nSPS) is 13.4. The van der Waals surface area contributed by atoms with Crippen LogP contribution in [0.1, 0.15) is 206 Å².